The highest BCUT2D eigenvalue weighted by atomic mass is 15.1. The maximum Gasteiger partial charge on any atom is 0.145 e. The first-order valence-electron chi connectivity index (χ1n) is 15.7. The smallest absolute Gasteiger partial charge is 0.145 e. The fourth-order valence-corrected chi connectivity index (χ4v) is 7.26. The Bertz CT molecular complexity index is 2350. The Labute approximate surface area is 262 Å². The lowest BCUT2D eigenvalue weighted by atomic mass is 9.82. The molecule has 7 aromatic carbocycles. The Morgan fingerprint density at radius 3 is 1.80 bits per heavy atom. The molecular weight excluding hydrogens is 544 g/mol. The molecule has 45 heavy (non-hydrogen) atoms. The van der Waals surface area contributed by atoms with Crippen LogP contribution in [0.5, 0.6) is 0 Å². The Balaban J connectivity index is 1.24. The maximum atomic E-state index is 5.05. The lowest BCUT2D eigenvalue weighted by molar-refractivity contribution is 1.00. The number of hydrogen-bond donors (Lipinski definition) is 0. The minimum atomic E-state index is 0.951. The molecular formula is C43H30N2. The Morgan fingerprint density at radius 2 is 1.07 bits per heavy atom. The summed E-state index contributed by atoms with van der Waals surface area (Å²) in [5.74, 6) is 0.951. The second-order valence-corrected chi connectivity index (χ2v) is 11.9. The van der Waals surface area contributed by atoms with Crippen LogP contribution in [0.15, 0.2) is 152 Å². The first-order chi connectivity index (χ1) is 22.3. The van der Waals surface area contributed by atoms with Crippen molar-refractivity contribution >= 4 is 44.2 Å². The largest absolute Gasteiger partial charge is 0.292 e. The molecule has 0 radical (unpaired) electrons. The van der Waals surface area contributed by atoms with Crippen molar-refractivity contribution in [2.45, 2.75) is 12.8 Å². The molecule has 8 aromatic rings. The lowest BCUT2D eigenvalue weighted by Gasteiger charge is -2.22. The Morgan fingerprint density at radius 1 is 0.467 bits per heavy atom. The van der Waals surface area contributed by atoms with Crippen molar-refractivity contribution < 1.29 is 0 Å². The summed E-state index contributed by atoms with van der Waals surface area (Å²) in [6.07, 6.45) is 4.53. The van der Waals surface area contributed by atoms with Gasteiger partial charge in [-0.3, -0.25) is 4.57 Å². The molecule has 0 saturated carbocycles. The molecule has 1 heterocycles. The van der Waals surface area contributed by atoms with E-state index in [1.165, 1.54) is 54.9 Å². The van der Waals surface area contributed by atoms with E-state index < -0.39 is 0 Å². The Hall–Kier alpha value is -5.73. The van der Waals surface area contributed by atoms with Crippen molar-refractivity contribution in [3.05, 3.63) is 168 Å². The molecule has 1 aromatic heterocycles. The predicted molar refractivity (Wildman–Crippen MR) is 190 cm³/mol. The molecule has 0 spiro atoms. The van der Waals surface area contributed by atoms with Gasteiger partial charge in [-0.25, -0.2) is 4.98 Å². The zero-order valence-electron chi connectivity index (χ0n) is 24.8. The van der Waals surface area contributed by atoms with Crippen LogP contribution < -0.4 is 0 Å². The Kier molecular flexibility index (Phi) is 5.99. The van der Waals surface area contributed by atoms with Crippen LogP contribution in [0.1, 0.15) is 23.1 Å². The summed E-state index contributed by atoms with van der Waals surface area (Å²) in [6, 6.07) is 54.6. The fourth-order valence-electron chi connectivity index (χ4n) is 7.26. The topological polar surface area (TPSA) is 17.8 Å². The molecule has 9 rings (SSSR count). The standard InChI is InChI=1S/C43H30N2/c1-2-13-31(14-3-1)43-44-39-20-10-11-21-40(39)45(43)34-26-24-30(25-27-34)41-35-16-6-8-18-37(35)42(38-19-9-7-17-36(38)41)33-23-22-29-12-4-5-15-32(29)28-33/h1-21,24-28H,22-23H2. The van der Waals surface area contributed by atoms with Crippen molar-refractivity contribution in [1.82, 2.24) is 9.55 Å². The van der Waals surface area contributed by atoms with E-state index in [1.54, 1.807) is 0 Å². The van der Waals surface area contributed by atoms with Crippen molar-refractivity contribution in [3.63, 3.8) is 0 Å². The zero-order valence-corrected chi connectivity index (χ0v) is 24.8. The van der Waals surface area contributed by atoms with E-state index in [9.17, 15) is 0 Å². The van der Waals surface area contributed by atoms with Crippen molar-refractivity contribution in [2.75, 3.05) is 0 Å². The monoisotopic (exact) mass is 574 g/mol. The highest BCUT2D eigenvalue weighted by Gasteiger charge is 2.20. The van der Waals surface area contributed by atoms with Gasteiger partial charge in [0.25, 0.3) is 0 Å². The predicted octanol–water partition coefficient (Wildman–Crippen LogP) is 11.2. The molecule has 2 heteroatoms. The zero-order chi connectivity index (χ0) is 29.7. The molecule has 0 unspecified atom stereocenters. The quantitative estimate of drug-likeness (QED) is 0.191. The van der Waals surface area contributed by atoms with Gasteiger partial charge in [0.15, 0.2) is 0 Å². The van der Waals surface area contributed by atoms with E-state index in [4.69, 9.17) is 4.98 Å². The van der Waals surface area contributed by atoms with Gasteiger partial charge in [0.05, 0.1) is 11.0 Å². The van der Waals surface area contributed by atoms with Crippen LogP contribution in [0.3, 0.4) is 0 Å². The molecule has 1 aliphatic rings. The highest BCUT2D eigenvalue weighted by Crippen LogP contribution is 2.44. The van der Waals surface area contributed by atoms with E-state index in [0.29, 0.717) is 0 Å². The third-order valence-corrected chi connectivity index (χ3v) is 9.31. The van der Waals surface area contributed by atoms with Gasteiger partial charge in [0.2, 0.25) is 0 Å². The molecule has 0 atom stereocenters. The summed E-state index contributed by atoms with van der Waals surface area (Å²) in [4.78, 5) is 5.05. The summed E-state index contributed by atoms with van der Waals surface area (Å²) < 4.78 is 2.28. The van der Waals surface area contributed by atoms with Gasteiger partial charge in [-0.1, -0.05) is 133 Å². The van der Waals surface area contributed by atoms with Gasteiger partial charge in [-0.2, -0.15) is 0 Å². The van der Waals surface area contributed by atoms with Gasteiger partial charge >= 0.3 is 0 Å². The average molecular weight is 575 g/mol. The van der Waals surface area contributed by atoms with Gasteiger partial charge in [-0.05, 0) is 92.0 Å². The van der Waals surface area contributed by atoms with E-state index in [0.717, 1.165) is 41.0 Å². The number of para-hydroxylation sites is 2. The first-order valence-corrected chi connectivity index (χ1v) is 15.7. The molecule has 0 bridgehead atoms. The minimum absolute atomic E-state index is 0.951. The second-order valence-electron chi connectivity index (χ2n) is 11.9. The SMILES string of the molecule is C1=C(c2c3ccccc3c(-c3ccc(-n4c(-c5ccccc5)nc5ccccc54)cc3)c3ccccc23)CCc2ccccc21. The van der Waals surface area contributed by atoms with Crippen LogP contribution in [0.4, 0.5) is 0 Å². The number of imidazole rings is 1. The highest BCUT2D eigenvalue weighted by molar-refractivity contribution is 6.19. The van der Waals surface area contributed by atoms with E-state index in [-0.39, 0.29) is 0 Å². The number of aryl methyl sites for hydroxylation is 1. The van der Waals surface area contributed by atoms with Crippen LogP contribution in [-0.4, -0.2) is 9.55 Å². The summed E-state index contributed by atoms with van der Waals surface area (Å²) >= 11 is 0. The number of fused-ring (bicyclic) bond motifs is 4. The van der Waals surface area contributed by atoms with Crippen LogP contribution in [0.2, 0.25) is 0 Å². The molecule has 2 nitrogen and oxygen atoms in total. The normalized spacial score (nSPS) is 12.8. The van der Waals surface area contributed by atoms with E-state index >= 15 is 0 Å². The van der Waals surface area contributed by atoms with Crippen molar-refractivity contribution in [2.24, 2.45) is 0 Å². The van der Waals surface area contributed by atoms with Crippen molar-refractivity contribution in [1.29, 1.82) is 0 Å². The number of nitrogens with zero attached hydrogens (tertiary/aromatic N) is 2. The van der Waals surface area contributed by atoms with Crippen LogP contribution >= 0.6 is 0 Å². The van der Waals surface area contributed by atoms with Gasteiger partial charge in [-0.15, -0.1) is 0 Å². The molecule has 0 saturated heterocycles. The van der Waals surface area contributed by atoms with Gasteiger partial charge in [0.1, 0.15) is 5.82 Å². The third kappa shape index (κ3) is 4.22. The molecule has 0 amide bonds. The maximum absolute atomic E-state index is 5.05. The number of allylic oxidation sites excluding steroid dienone is 1. The minimum Gasteiger partial charge on any atom is -0.292 e. The summed E-state index contributed by atoms with van der Waals surface area (Å²) in [5.41, 5.74) is 12.4. The number of aromatic nitrogens is 2. The van der Waals surface area contributed by atoms with E-state index in [1.807, 2.05) is 0 Å². The van der Waals surface area contributed by atoms with Crippen LogP contribution in [0.25, 0.3) is 72.4 Å². The van der Waals surface area contributed by atoms with Crippen molar-refractivity contribution in [3.8, 4) is 28.2 Å². The molecule has 212 valence electrons. The number of hydrogen-bond acceptors (Lipinski definition) is 1. The number of rotatable bonds is 4. The first kappa shape index (κ1) is 25.7. The summed E-state index contributed by atoms with van der Waals surface area (Å²) in [7, 11) is 0. The van der Waals surface area contributed by atoms with E-state index in [2.05, 4.69) is 162 Å². The van der Waals surface area contributed by atoms with Crippen LogP contribution in [0, 0.1) is 0 Å². The third-order valence-electron chi connectivity index (χ3n) is 9.31. The summed E-state index contributed by atoms with van der Waals surface area (Å²) in [6.45, 7) is 0. The van der Waals surface area contributed by atoms with Gasteiger partial charge < -0.3 is 0 Å². The van der Waals surface area contributed by atoms with Crippen LogP contribution in [-0.2, 0) is 6.42 Å². The molecule has 0 fully saturated rings. The molecule has 1 aliphatic carbocycles. The number of benzene rings is 7. The van der Waals surface area contributed by atoms with Gasteiger partial charge in [0, 0.05) is 11.3 Å². The molecule has 0 aliphatic heterocycles. The average Bonchev–Trinajstić information content (AvgIpc) is 3.51. The lowest BCUT2D eigenvalue weighted by Crippen LogP contribution is -2.01. The summed E-state index contributed by atoms with van der Waals surface area (Å²) in [5, 5.41) is 5.20. The second kappa shape index (κ2) is 10.5. The molecule has 0 N–H and O–H groups in total. The fraction of sp³-hybridized carbons (Fsp3) is 0.0465.